The van der Waals surface area contributed by atoms with E-state index in [1.165, 1.54) is 13.8 Å². The second kappa shape index (κ2) is 4.51. The van der Waals surface area contributed by atoms with E-state index in [-0.39, 0.29) is 6.42 Å². The van der Waals surface area contributed by atoms with Crippen LogP contribution in [-0.2, 0) is 19.1 Å². The molecule has 2 N–H and O–H groups in total. The van der Waals surface area contributed by atoms with Crippen molar-refractivity contribution in [2.75, 3.05) is 6.61 Å². The predicted molar refractivity (Wildman–Crippen MR) is 53.5 cm³/mol. The third-order valence-electron chi connectivity index (χ3n) is 2.45. The van der Waals surface area contributed by atoms with Gasteiger partial charge in [-0.2, -0.15) is 0 Å². The van der Waals surface area contributed by atoms with Crippen LogP contribution in [0.1, 0.15) is 26.7 Å². The lowest BCUT2D eigenvalue weighted by Crippen LogP contribution is -2.41. The van der Waals surface area contributed by atoms with E-state index in [1.54, 1.807) is 0 Å². The maximum absolute atomic E-state index is 11.5. The van der Waals surface area contributed by atoms with Gasteiger partial charge in [0.15, 0.2) is 0 Å². The number of carboxylic acid groups (broad SMARTS) is 1. The van der Waals surface area contributed by atoms with Crippen molar-refractivity contribution in [1.82, 2.24) is 5.32 Å². The molecule has 1 fully saturated rings. The molecule has 6 nitrogen and oxygen atoms in total. The standard InChI is InChI=1S/C10H15NO5/c1-10(2,9(14)15)5-7(12)11-6-3-4-16-8(6)13/h6H,3-5H2,1-2H3,(H,11,12)(H,14,15). The number of ether oxygens (including phenoxy) is 1. The molecule has 1 heterocycles. The minimum Gasteiger partial charge on any atom is -0.481 e. The van der Waals surface area contributed by atoms with Gasteiger partial charge in [-0.15, -0.1) is 0 Å². The van der Waals surface area contributed by atoms with E-state index in [4.69, 9.17) is 5.11 Å². The second-order valence-corrected chi connectivity index (χ2v) is 4.44. The molecule has 1 unspecified atom stereocenters. The monoisotopic (exact) mass is 229 g/mol. The van der Waals surface area contributed by atoms with Crippen LogP contribution in [0.15, 0.2) is 0 Å². The van der Waals surface area contributed by atoms with Gasteiger partial charge in [-0.1, -0.05) is 0 Å². The summed E-state index contributed by atoms with van der Waals surface area (Å²) >= 11 is 0. The van der Waals surface area contributed by atoms with Gasteiger partial charge >= 0.3 is 11.9 Å². The zero-order chi connectivity index (χ0) is 12.3. The zero-order valence-corrected chi connectivity index (χ0v) is 9.28. The zero-order valence-electron chi connectivity index (χ0n) is 9.28. The Kier molecular flexibility index (Phi) is 3.51. The summed E-state index contributed by atoms with van der Waals surface area (Å²) in [6.07, 6.45) is 0.282. The van der Waals surface area contributed by atoms with Gasteiger partial charge in [-0.05, 0) is 13.8 Å². The Bertz CT molecular complexity index is 323. The summed E-state index contributed by atoms with van der Waals surface area (Å²) in [5, 5.41) is 11.3. The van der Waals surface area contributed by atoms with E-state index in [1.807, 2.05) is 0 Å². The number of nitrogens with one attached hydrogen (secondary N) is 1. The predicted octanol–water partition coefficient (Wildman–Crippen LogP) is -0.0810. The van der Waals surface area contributed by atoms with E-state index in [2.05, 4.69) is 10.1 Å². The summed E-state index contributed by atoms with van der Waals surface area (Å²) in [5.41, 5.74) is -1.13. The van der Waals surface area contributed by atoms with Crippen molar-refractivity contribution in [3.63, 3.8) is 0 Å². The molecule has 1 atom stereocenters. The summed E-state index contributed by atoms with van der Waals surface area (Å²) in [5.74, 6) is -1.95. The summed E-state index contributed by atoms with van der Waals surface area (Å²) in [7, 11) is 0. The Labute approximate surface area is 93.0 Å². The summed E-state index contributed by atoms with van der Waals surface area (Å²) in [6, 6.07) is -0.628. The summed E-state index contributed by atoms with van der Waals surface area (Å²) < 4.78 is 4.67. The summed E-state index contributed by atoms with van der Waals surface area (Å²) in [4.78, 5) is 33.3. The summed E-state index contributed by atoms with van der Waals surface area (Å²) in [6.45, 7) is 3.22. The van der Waals surface area contributed by atoms with Crippen molar-refractivity contribution in [1.29, 1.82) is 0 Å². The van der Waals surface area contributed by atoms with E-state index in [9.17, 15) is 14.4 Å². The highest BCUT2D eigenvalue weighted by Gasteiger charge is 2.33. The molecule has 1 rings (SSSR count). The second-order valence-electron chi connectivity index (χ2n) is 4.44. The van der Waals surface area contributed by atoms with Crippen LogP contribution in [0.4, 0.5) is 0 Å². The van der Waals surface area contributed by atoms with Crippen LogP contribution in [0.2, 0.25) is 0 Å². The fourth-order valence-corrected chi connectivity index (χ4v) is 1.35. The van der Waals surface area contributed by atoms with Crippen molar-refractivity contribution in [3.05, 3.63) is 0 Å². The first kappa shape index (κ1) is 12.5. The third kappa shape index (κ3) is 2.95. The van der Waals surface area contributed by atoms with Gasteiger partial charge in [0, 0.05) is 12.8 Å². The molecule has 0 bridgehead atoms. The quantitative estimate of drug-likeness (QED) is 0.658. The lowest BCUT2D eigenvalue weighted by atomic mass is 9.89. The average molecular weight is 229 g/mol. The normalized spacial score (nSPS) is 20.4. The molecule has 1 aliphatic rings. The SMILES string of the molecule is CC(C)(CC(=O)NC1CCOC1=O)C(=O)O. The van der Waals surface area contributed by atoms with Crippen LogP contribution in [0.3, 0.4) is 0 Å². The fraction of sp³-hybridized carbons (Fsp3) is 0.700. The van der Waals surface area contributed by atoms with Crippen molar-refractivity contribution in [3.8, 4) is 0 Å². The molecular formula is C10H15NO5. The van der Waals surface area contributed by atoms with Crippen LogP contribution < -0.4 is 5.32 Å². The van der Waals surface area contributed by atoms with Gasteiger partial charge in [0.2, 0.25) is 5.91 Å². The number of hydrogen-bond acceptors (Lipinski definition) is 4. The number of esters is 1. The van der Waals surface area contributed by atoms with E-state index in [0.717, 1.165) is 0 Å². The van der Waals surface area contributed by atoms with Gasteiger partial charge in [-0.25, -0.2) is 4.79 Å². The Balaban J connectivity index is 2.47. The first-order chi connectivity index (χ1) is 7.33. The van der Waals surface area contributed by atoms with E-state index in [0.29, 0.717) is 13.0 Å². The highest BCUT2D eigenvalue weighted by molar-refractivity contribution is 5.88. The molecule has 16 heavy (non-hydrogen) atoms. The molecule has 0 aromatic heterocycles. The lowest BCUT2D eigenvalue weighted by molar-refractivity contribution is -0.149. The molecule has 0 aliphatic carbocycles. The average Bonchev–Trinajstić information content (AvgIpc) is 2.50. The number of carboxylic acids is 1. The van der Waals surface area contributed by atoms with Gasteiger partial charge in [-0.3, -0.25) is 9.59 Å². The molecule has 6 heteroatoms. The smallest absolute Gasteiger partial charge is 0.328 e. The molecule has 0 radical (unpaired) electrons. The molecule has 0 aromatic carbocycles. The van der Waals surface area contributed by atoms with Gasteiger partial charge in [0.1, 0.15) is 6.04 Å². The number of cyclic esters (lactones) is 1. The van der Waals surface area contributed by atoms with Crippen molar-refractivity contribution in [2.45, 2.75) is 32.7 Å². The third-order valence-corrected chi connectivity index (χ3v) is 2.45. The Morgan fingerprint density at radius 1 is 1.56 bits per heavy atom. The maximum atomic E-state index is 11.5. The molecular weight excluding hydrogens is 214 g/mol. The molecule has 0 saturated carbocycles. The maximum Gasteiger partial charge on any atom is 0.328 e. The van der Waals surface area contributed by atoms with Crippen molar-refractivity contribution >= 4 is 17.8 Å². The van der Waals surface area contributed by atoms with Crippen LogP contribution in [0.5, 0.6) is 0 Å². The number of aliphatic carboxylic acids is 1. The number of carbonyl (C=O) groups excluding carboxylic acids is 2. The van der Waals surface area contributed by atoms with Crippen LogP contribution in [0, 0.1) is 5.41 Å². The van der Waals surface area contributed by atoms with Crippen molar-refractivity contribution in [2.24, 2.45) is 5.41 Å². The lowest BCUT2D eigenvalue weighted by Gasteiger charge is -2.19. The van der Waals surface area contributed by atoms with Gasteiger partial charge < -0.3 is 15.2 Å². The minimum atomic E-state index is -1.13. The molecule has 0 spiro atoms. The number of amides is 1. The highest BCUT2D eigenvalue weighted by atomic mass is 16.5. The number of hydrogen-bond donors (Lipinski definition) is 2. The van der Waals surface area contributed by atoms with E-state index >= 15 is 0 Å². The topological polar surface area (TPSA) is 92.7 Å². The van der Waals surface area contributed by atoms with Gasteiger partial charge in [0.25, 0.3) is 0 Å². The number of carbonyl (C=O) groups is 3. The molecule has 1 saturated heterocycles. The first-order valence-electron chi connectivity index (χ1n) is 5.02. The minimum absolute atomic E-state index is 0.161. The van der Waals surface area contributed by atoms with E-state index < -0.39 is 29.3 Å². The molecule has 90 valence electrons. The molecule has 1 amide bonds. The highest BCUT2D eigenvalue weighted by Crippen LogP contribution is 2.20. The molecule has 1 aliphatic heterocycles. The van der Waals surface area contributed by atoms with Crippen LogP contribution in [0.25, 0.3) is 0 Å². The Morgan fingerprint density at radius 2 is 2.19 bits per heavy atom. The van der Waals surface area contributed by atoms with Crippen LogP contribution in [-0.4, -0.2) is 35.6 Å². The van der Waals surface area contributed by atoms with Crippen molar-refractivity contribution < 1.29 is 24.2 Å². The number of rotatable bonds is 4. The fourth-order valence-electron chi connectivity index (χ4n) is 1.35. The first-order valence-corrected chi connectivity index (χ1v) is 5.02. The van der Waals surface area contributed by atoms with Gasteiger partial charge in [0.05, 0.1) is 12.0 Å². The largest absolute Gasteiger partial charge is 0.481 e. The Hall–Kier alpha value is -1.59. The molecule has 0 aromatic rings. The Morgan fingerprint density at radius 3 is 2.62 bits per heavy atom. The van der Waals surface area contributed by atoms with Crippen LogP contribution >= 0.6 is 0 Å².